The van der Waals surface area contributed by atoms with Crippen LogP contribution in [0, 0.1) is 0 Å². The highest BCUT2D eigenvalue weighted by molar-refractivity contribution is 6.20. The smallest absolute Gasteiger partial charge is 0.134 e. The van der Waals surface area contributed by atoms with Gasteiger partial charge in [-0.2, -0.15) is 0 Å². The first-order valence-electron chi connectivity index (χ1n) is 7.09. The van der Waals surface area contributed by atoms with Gasteiger partial charge in [0, 0.05) is 23.0 Å². The van der Waals surface area contributed by atoms with Crippen molar-refractivity contribution >= 4 is 28.2 Å². The molecule has 20 heavy (non-hydrogen) atoms. The third-order valence-corrected chi connectivity index (χ3v) is 4.41. The minimum atomic E-state index is 0.345. The maximum Gasteiger partial charge on any atom is 0.134 e. The molecule has 0 spiro atoms. The number of hydrogen-bond donors (Lipinski definition) is 1. The Kier molecular flexibility index (Phi) is 3.97. The largest absolute Gasteiger partial charge is 0.497 e. The Morgan fingerprint density at radius 3 is 2.75 bits per heavy atom. The molecule has 1 fully saturated rings. The van der Waals surface area contributed by atoms with E-state index in [1.165, 1.54) is 0 Å². The number of methoxy groups -OCH3 is 1. The van der Waals surface area contributed by atoms with Gasteiger partial charge in [0.25, 0.3) is 0 Å². The van der Waals surface area contributed by atoms with Crippen LogP contribution in [0.25, 0.3) is 10.8 Å². The fraction of sp³-hybridized carbons (Fsp3) is 0.438. The van der Waals surface area contributed by atoms with Crippen LogP contribution in [-0.2, 0) is 0 Å². The molecule has 1 heterocycles. The van der Waals surface area contributed by atoms with Crippen molar-refractivity contribution < 1.29 is 4.74 Å². The third kappa shape index (κ3) is 2.83. The molecule has 1 aliphatic carbocycles. The van der Waals surface area contributed by atoms with E-state index < -0.39 is 0 Å². The van der Waals surface area contributed by atoms with Crippen LogP contribution in [0.4, 0.5) is 5.82 Å². The predicted octanol–water partition coefficient (Wildman–Crippen LogP) is 4.21. The van der Waals surface area contributed by atoms with E-state index >= 15 is 0 Å². The average molecular weight is 291 g/mol. The molecule has 1 saturated carbocycles. The summed E-state index contributed by atoms with van der Waals surface area (Å²) in [5, 5.41) is 6.20. The minimum Gasteiger partial charge on any atom is -0.497 e. The number of rotatable bonds is 3. The van der Waals surface area contributed by atoms with Crippen LogP contribution in [0.15, 0.2) is 30.5 Å². The molecule has 2 aromatic rings. The van der Waals surface area contributed by atoms with Gasteiger partial charge in [0.05, 0.1) is 7.11 Å². The number of aromatic nitrogens is 1. The molecule has 1 aromatic heterocycles. The molecule has 0 amide bonds. The first kappa shape index (κ1) is 13.5. The summed E-state index contributed by atoms with van der Waals surface area (Å²) in [6, 6.07) is 8.57. The number of hydrogen-bond acceptors (Lipinski definition) is 3. The second-order valence-electron chi connectivity index (χ2n) is 5.34. The molecule has 1 aliphatic rings. The number of nitrogens with one attached hydrogen (secondary N) is 1. The second kappa shape index (κ2) is 5.88. The molecule has 0 unspecified atom stereocenters. The van der Waals surface area contributed by atoms with Crippen LogP contribution < -0.4 is 10.1 Å². The van der Waals surface area contributed by atoms with Crippen molar-refractivity contribution in [2.75, 3.05) is 12.4 Å². The molecule has 3 rings (SSSR count). The Morgan fingerprint density at radius 2 is 2.00 bits per heavy atom. The summed E-state index contributed by atoms with van der Waals surface area (Å²) >= 11 is 6.16. The molecule has 1 N–H and O–H groups in total. The lowest BCUT2D eigenvalue weighted by Crippen LogP contribution is -2.26. The maximum atomic E-state index is 6.16. The molecule has 0 bridgehead atoms. The first-order chi connectivity index (χ1) is 9.76. The van der Waals surface area contributed by atoms with E-state index in [4.69, 9.17) is 16.3 Å². The van der Waals surface area contributed by atoms with Crippen molar-refractivity contribution in [3.05, 3.63) is 30.5 Å². The van der Waals surface area contributed by atoms with Crippen LogP contribution in [0.2, 0.25) is 0 Å². The molecule has 1 aromatic carbocycles. The van der Waals surface area contributed by atoms with Crippen LogP contribution >= 0.6 is 11.6 Å². The van der Waals surface area contributed by atoms with E-state index in [1.807, 2.05) is 24.4 Å². The van der Waals surface area contributed by atoms with Gasteiger partial charge in [0.2, 0.25) is 0 Å². The number of ether oxygens (including phenoxy) is 1. The van der Waals surface area contributed by atoms with Crippen molar-refractivity contribution in [2.24, 2.45) is 0 Å². The van der Waals surface area contributed by atoms with E-state index in [1.54, 1.807) is 7.11 Å². The van der Waals surface area contributed by atoms with Crippen molar-refractivity contribution in [3.63, 3.8) is 0 Å². The van der Waals surface area contributed by atoms with Crippen LogP contribution in [0.1, 0.15) is 25.7 Å². The highest BCUT2D eigenvalue weighted by Gasteiger charge is 2.20. The molecular formula is C16H19ClN2O. The maximum absolute atomic E-state index is 6.16. The van der Waals surface area contributed by atoms with E-state index in [0.717, 1.165) is 48.0 Å². The monoisotopic (exact) mass is 290 g/mol. The molecular weight excluding hydrogens is 272 g/mol. The van der Waals surface area contributed by atoms with Gasteiger partial charge in [0.15, 0.2) is 0 Å². The van der Waals surface area contributed by atoms with Crippen LogP contribution in [-0.4, -0.2) is 23.5 Å². The van der Waals surface area contributed by atoms with Gasteiger partial charge in [-0.15, -0.1) is 11.6 Å². The standard InChI is InChI=1S/C16H19ClN2O/c1-20-14-6-7-15-11(10-14)8-9-18-16(15)19-13-4-2-12(17)3-5-13/h6-10,12-13H,2-5H2,1H3,(H,18,19). The third-order valence-electron chi connectivity index (χ3n) is 3.97. The normalized spacial score (nSPS) is 22.7. The second-order valence-corrected chi connectivity index (χ2v) is 5.96. The summed E-state index contributed by atoms with van der Waals surface area (Å²) < 4.78 is 5.27. The summed E-state index contributed by atoms with van der Waals surface area (Å²) in [5.41, 5.74) is 0. The molecule has 0 saturated heterocycles. The lowest BCUT2D eigenvalue weighted by molar-refractivity contribution is 0.415. The summed E-state index contributed by atoms with van der Waals surface area (Å²) in [7, 11) is 1.69. The van der Waals surface area contributed by atoms with Crippen LogP contribution in [0.3, 0.4) is 0 Å². The van der Waals surface area contributed by atoms with E-state index in [9.17, 15) is 0 Å². The zero-order chi connectivity index (χ0) is 13.9. The number of alkyl halides is 1. The highest BCUT2D eigenvalue weighted by Crippen LogP contribution is 2.29. The Hall–Kier alpha value is -1.48. The molecule has 3 nitrogen and oxygen atoms in total. The number of halogens is 1. The summed E-state index contributed by atoms with van der Waals surface area (Å²) in [6.07, 6.45) is 6.23. The highest BCUT2D eigenvalue weighted by atomic mass is 35.5. The first-order valence-corrected chi connectivity index (χ1v) is 7.53. The van der Waals surface area contributed by atoms with Crippen molar-refractivity contribution in [1.29, 1.82) is 0 Å². The van der Waals surface area contributed by atoms with Gasteiger partial charge in [-0.3, -0.25) is 0 Å². The van der Waals surface area contributed by atoms with Crippen molar-refractivity contribution in [3.8, 4) is 5.75 Å². The van der Waals surface area contributed by atoms with Crippen molar-refractivity contribution in [2.45, 2.75) is 37.1 Å². The Morgan fingerprint density at radius 1 is 1.20 bits per heavy atom. The SMILES string of the molecule is COc1ccc2c(NC3CCC(Cl)CC3)nccc2c1. The summed E-state index contributed by atoms with van der Waals surface area (Å²) in [6.45, 7) is 0. The predicted molar refractivity (Wildman–Crippen MR) is 83.8 cm³/mol. The van der Waals surface area contributed by atoms with Gasteiger partial charge >= 0.3 is 0 Å². The van der Waals surface area contributed by atoms with Gasteiger partial charge in [0.1, 0.15) is 11.6 Å². The number of anilines is 1. The lowest BCUT2D eigenvalue weighted by Gasteiger charge is -2.26. The zero-order valence-electron chi connectivity index (χ0n) is 11.6. The Labute approximate surface area is 124 Å². The number of pyridine rings is 1. The molecule has 0 radical (unpaired) electrons. The lowest BCUT2D eigenvalue weighted by atomic mass is 9.95. The number of fused-ring (bicyclic) bond motifs is 1. The van der Waals surface area contributed by atoms with Crippen molar-refractivity contribution in [1.82, 2.24) is 4.98 Å². The fourth-order valence-electron chi connectivity index (χ4n) is 2.79. The quantitative estimate of drug-likeness (QED) is 0.860. The molecule has 0 atom stereocenters. The molecule has 106 valence electrons. The summed E-state index contributed by atoms with van der Waals surface area (Å²) in [5.74, 6) is 1.83. The van der Waals surface area contributed by atoms with Gasteiger partial charge in [-0.1, -0.05) is 0 Å². The average Bonchev–Trinajstić information content (AvgIpc) is 2.49. The minimum absolute atomic E-state index is 0.345. The fourth-order valence-corrected chi connectivity index (χ4v) is 3.04. The van der Waals surface area contributed by atoms with Gasteiger partial charge in [-0.05, 0) is 55.3 Å². The number of nitrogens with zero attached hydrogens (tertiary/aromatic N) is 1. The van der Waals surface area contributed by atoms with Gasteiger partial charge < -0.3 is 10.1 Å². The zero-order valence-corrected chi connectivity index (χ0v) is 12.4. The van der Waals surface area contributed by atoms with E-state index in [-0.39, 0.29) is 0 Å². The topological polar surface area (TPSA) is 34.1 Å². The summed E-state index contributed by atoms with van der Waals surface area (Å²) in [4.78, 5) is 4.49. The van der Waals surface area contributed by atoms with E-state index in [2.05, 4.69) is 16.4 Å². The number of benzene rings is 1. The molecule has 4 heteroatoms. The van der Waals surface area contributed by atoms with E-state index in [0.29, 0.717) is 11.4 Å². The Balaban J connectivity index is 1.84. The Bertz CT molecular complexity index is 594. The van der Waals surface area contributed by atoms with Gasteiger partial charge in [-0.25, -0.2) is 4.98 Å². The molecule has 0 aliphatic heterocycles. The van der Waals surface area contributed by atoms with Crippen LogP contribution in [0.5, 0.6) is 5.75 Å².